The summed E-state index contributed by atoms with van der Waals surface area (Å²) in [5, 5.41) is 0. The number of carbonyl (C=O) groups is 1. The van der Waals surface area contributed by atoms with Crippen molar-refractivity contribution in [2.45, 2.75) is 6.54 Å². The number of furan rings is 1. The molecular formula is C13H13NO3. The number of hydrogen-bond acceptors (Lipinski definition) is 4. The van der Waals surface area contributed by atoms with Gasteiger partial charge in [-0.15, -0.1) is 0 Å². The lowest BCUT2D eigenvalue weighted by molar-refractivity contribution is 0.100. The lowest BCUT2D eigenvalue weighted by Gasteiger charge is -2.05. The molecule has 0 aliphatic rings. The van der Waals surface area contributed by atoms with Gasteiger partial charge in [-0.25, -0.2) is 0 Å². The largest absolute Gasteiger partial charge is 0.496 e. The fourth-order valence-electron chi connectivity index (χ4n) is 1.57. The molecule has 0 aliphatic heterocycles. The lowest BCUT2D eigenvalue weighted by Crippen LogP contribution is -2.02. The van der Waals surface area contributed by atoms with Crippen molar-refractivity contribution < 1.29 is 13.9 Å². The molecule has 0 saturated carbocycles. The smallest absolute Gasteiger partial charge is 0.231 e. The first-order valence-electron chi connectivity index (χ1n) is 5.22. The number of hydrogen-bond donors (Lipinski definition) is 1. The first-order valence-corrected chi connectivity index (χ1v) is 5.22. The maximum absolute atomic E-state index is 12.1. The third-order valence-corrected chi connectivity index (χ3v) is 2.44. The van der Waals surface area contributed by atoms with Gasteiger partial charge in [-0.05, 0) is 24.3 Å². The zero-order valence-electron chi connectivity index (χ0n) is 9.47. The van der Waals surface area contributed by atoms with E-state index in [2.05, 4.69) is 0 Å². The van der Waals surface area contributed by atoms with Gasteiger partial charge >= 0.3 is 0 Å². The Morgan fingerprint density at radius 3 is 2.71 bits per heavy atom. The summed E-state index contributed by atoms with van der Waals surface area (Å²) in [4.78, 5) is 12.1. The summed E-state index contributed by atoms with van der Waals surface area (Å²) in [6.07, 6.45) is 0. The summed E-state index contributed by atoms with van der Waals surface area (Å²) in [5.74, 6) is 1.18. The molecule has 4 heteroatoms. The Morgan fingerprint density at radius 1 is 1.29 bits per heavy atom. The minimum atomic E-state index is -0.206. The molecule has 0 saturated heterocycles. The van der Waals surface area contributed by atoms with E-state index in [-0.39, 0.29) is 18.1 Å². The highest BCUT2D eigenvalue weighted by molar-refractivity contribution is 6.08. The molecule has 4 nitrogen and oxygen atoms in total. The number of para-hydroxylation sites is 1. The van der Waals surface area contributed by atoms with Gasteiger partial charge in [0.2, 0.25) is 5.78 Å². The third-order valence-electron chi connectivity index (χ3n) is 2.44. The van der Waals surface area contributed by atoms with Crippen molar-refractivity contribution in [1.29, 1.82) is 0 Å². The standard InChI is InChI=1S/C13H13NO3/c1-16-11-5-3-2-4-10(11)13(15)12-7-6-9(8-14)17-12/h2-7H,8,14H2,1H3. The number of benzene rings is 1. The van der Waals surface area contributed by atoms with Crippen LogP contribution in [0.3, 0.4) is 0 Å². The molecule has 0 amide bonds. The Balaban J connectivity index is 2.36. The second kappa shape index (κ2) is 4.84. The van der Waals surface area contributed by atoms with E-state index in [0.717, 1.165) is 0 Å². The Bertz CT molecular complexity index is 531. The van der Waals surface area contributed by atoms with Gasteiger partial charge in [0.1, 0.15) is 11.5 Å². The van der Waals surface area contributed by atoms with E-state index < -0.39 is 0 Å². The Kier molecular flexibility index (Phi) is 3.25. The molecule has 88 valence electrons. The van der Waals surface area contributed by atoms with Crippen LogP contribution in [0.15, 0.2) is 40.8 Å². The molecule has 0 spiro atoms. The van der Waals surface area contributed by atoms with Crippen LogP contribution in [-0.4, -0.2) is 12.9 Å². The topological polar surface area (TPSA) is 65.5 Å². The van der Waals surface area contributed by atoms with Crippen LogP contribution in [0.25, 0.3) is 0 Å². The molecule has 0 unspecified atom stereocenters. The molecule has 0 aliphatic carbocycles. The summed E-state index contributed by atoms with van der Waals surface area (Å²) in [7, 11) is 1.53. The summed E-state index contributed by atoms with van der Waals surface area (Å²) >= 11 is 0. The molecule has 0 atom stereocenters. The van der Waals surface area contributed by atoms with Gasteiger partial charge < -0.3 is 14.9 Å². The average Bonchev–Trinajstić information content (AvgIpc) is 2.86. The zero-order valence-corrected chi connectivity index (χ0v) is 9.47. The fraction of sp³-hybridized carbons (Fsp3) is 0.154. The molecule has 0 fully saturated rings. The van der Waals surface area contributed by atoms with Crippen molar-refractivity contribution in [3.05, 3.63) is 53.5 Å². The van der Waals surface area contributed by atoms with E-state index in [9.17, 15) is 4.79 Å². The maximum Gasteiger partial charge on any atom is 0.231 e. The number of nitrogens with two attached hydrogens (primary N) is 1. The Morgan fingerprint density at radius 2 is 2.06 bits per heavy atom. The van der Waals surface area contributed by atoms with E-state index in [0.29, 0.717) is 17.1 Å². The van der Waals surface area contributed by atoms with Crippen LogP contribution in [0.5, 0.6) is 5.75 Å². The van der Waals surface area contributed by atoms with Crippen molar-refractivity contribution in [3.63, 3.8) is 0 Å². The predicted molar refractivity (Wildman–Crippen MR) is 63.0 cm³/mol. The number of ether oxygens (including phenoxy) is 1. The van der Waals surface area contributed by atoms with Crippen molar-refractivity contribution in [2.24, 2.45) is 5.73 Å². The van der Waals surface area contributed by atoms with Crippen molar-refractivity contribution in [1.82, 2.24) is 0 Å². The van der Waals surface area contributed by atoms with Gasteiger partial charge in [0.25, 0.3) is 0 Å². The molecule has 1 heterocycles. The quantitative estimate of drug-likeness (QED) is 0.817. The molecule has 17 heavy (non-hydrogen) atoms. The Labute approximate surface area is 99.0 Å². The minimum Gasteiger partial charge on any atom is -0.496 e. The van der Waals surface area contributed by atoms with Crippen LogP contribution in [0.1, 0.15) is 21.9 Å². The van der Waals surface area contributed by atoms with E-state index in [1.807, 2.05) is 6.07 Å². The number of carbonyl (C=O) groups excluding carboxylic acids is 1. The zero-order chi connectivity index (χ0) is 12.3. The van der Waals surface area contributed by atoms with Crippen LogP contribution < -0.4 is 10.5 Å². The molecule has 2 rings (SSSR count). The molecule has 0 radical (unpaired) electrons. The first kappa shape index (κ1) is 11.4. The number of methoxy groups -OCH3 is 1. The highest BCUT2D eigenvalue weighted by Crippen LogP contribution is 2.22. The number of ketones is 1. The molecule has 1 aromatic heterocycles. The van der Waals surface area contributed by atoms with E-state index in [4.69, 9.17) is 14.9 Å². The van der Waals surface area contributed by atoms with Crippen molar-refractivity contribution in [2.75, 3.05) is 7.11 Å². The normalized spacial score (nSPS) is 10.2. The van der Waals surface area contributed by atoms with Gasteiger partial charge in [0, 0.05) is 0 Å². The predicted octanol–water partition coefficient (Wildman–Crippen LogP) is 1.98. The third kappa shape index (κ3) is 2.21. The van der Waals surface area contributed by atoms with Crippen molar-refractivity contribution in [3.8, 4) is 5.75 Å². The molecule has 1 aromatic carbocycles. The van der Waals surface area contributed by atoms with Gasteiger partial charge in [-0.3, -0.25) is 4.79 Å². The van der Waals surface area contributed by atoms with Gasteiger partial charge in [0.15, 0.2) is 5.76 Å². The number of rotatable bonds is 4. The van der Waals surface area contributed by atoms with Crippen LogP contribution in [0.2, 0.25) is 0 Å². The summed E-state index contributed by atoms with van der Waals surface area (Å²) in [6, 6.07) is 10.3. The van der Waals surface area contributed by atoms with Crippen molar-refractivity contribution >= 4 is 5.78 Å². The van der Waals surface area contributed by atoms with Crippen LogP contribution in [-0.2, 0) is 6.54 Å². The van der Waals surface area contributed by atoms with E-state index >= 15 is 0 Å². The minimum absolute atomic E-state index is 0.206. The van der Waals surface area contributed by atoms with Gasteiger partial charge in [-0.2, -0.15) is 0 Å². The fourth-order valence-corrected chi connectivity index (χ4v) is 1.57. The first-order chi connectivity index (χ1) is 8.26. The highest BCUT2D eigenvalue weighted by atomic mass is 16.5. The second-order valence-corrected chi connectivity index (χ2v) is 3.50. The second-order valence-electron chi connectivity index (χ2n) is 3.50. The Hall–Kier alpha value is -2.07. The molecule has 2 aromatic rings. The van der Waals surface area contributed by atoms with Crippen LogP contribution in [0.4, 0.5) is 0 Å². The van der Waals surface area contributed by atoms with Crippen LogP contribution in [0, 0.1) is 0 Å². The van der Waals surface area contributed by atoms with Crippen LogP contribution >= 0.6 is 0 Å². The lowest BCUT2D eigenvalue weighted by atomic mass is 10.1. The molecular weight excluding hydrogens is 218 g/mol. The van der Waals surface area contributed by atoms with Gasteiger partial charge in [0.05, 0.1) is 19.2 Å². The summed E-state index contributed by atoms with van der Waals surface area (Å²) in [5.41, 5.74) is 5.91. The summed E-state index contributed by atoms with van der Waals surface area (Å²) in [6.45, 7) is 0.277. The maximum atomic E-state index is 12.1. The SMILES string of the molecule is COc1ccccc1C(=O)c1ccc(CN)o1. The highest BCUT2D eigenvalue weighted by Gasteiger charge is 2.17. The average molecular weight is 231 g/mol. The summed E-state index contributed by atoms with van der Waals surface area (Å²) < 4.78 is 10.5. The molecule has 0 bridgehead atoms. The molecule has 2 N–H and O–H groups in total. The van der Waals surface area contributed by atoms with E-state index in [1.165, 1.54) is 7.11 Å². The monoisotopic (exact) mass is 231 g/mol. The van der Waals surface area contributed by atoms with E-state index in [1.54, 1.807) is 30.3 Å². The van der Waals surface area contributed by atoms with Gasteiger partial charge in [-0.1, -0.05) is 12.1 Å².